The Morgan fingerprint density at radius 3 is 2.68 bits per heavy atom. The molecule has 1 aliphatic rings. The fourth-order valence-corrected chi connectivity index (χ4v) is 3.34. The molecule has 3 nitrogen and oxygen atoms in total. The van der Waals surface area contributed by atoms with Crippen LogP contribution in [0.15, 0.2) is 12.3 Å². The number of aryl methyl sites for hydroxylation is 1. The smallest absolute Gasteiger partial charge is 0.160 e. The number of nitrogens with zero attached hydrogens (tertiary/aromatic N) is 3. The number of pyridine rings is 1. The van der Waals surface area contributed by atoms with Crippen molar-refractivity contribution in [3.63, 3.8) is 0 Å². The number of fused-ring (bicyclic) bond motifs is 1. The summed E-state index contributed by atoms with van der Waals surface area (Å²) in [7, 11) is 0. The molecule has 1 saturated carbocycles. The van der Waals surface area contributed by atoms with Gasteiger partial charge in [-0.1, -0.05) is 25.7 Å². The van der Waals surface area contributed by atoms with Crippen molar-refractivity contribution >= 4 is 22.8 Å². The van der Waals surface area contributed by atoms with Crippen molar-refractivity contribution in [1.29, 1.82) is 0 Å². The highest BCUT2D eigenvalue weighted by Gasteiger charge is 2.21. The standard InChI is InChI=1S/C15H20ClN3/c1-11-8-9-17-15-14(11)18-13(10-16)19(15)12-6-4-2-3-5-7-12/h8-9,12H,2-7,10H2,1H3. The van der Waals surface area contributed by atoms with Gasteiger partial charge in [-0.25, -0.2) is 9.97 Å². The molecule has 0 unspecified atom stereocenters. The second-order valence-corrected chi connectivity index (χ2v) is 5.74. The minimum Gasteiger partial charge on any atom is -0.309 e. The second-order valence-electron chi connectivity index (χ2n) is 5.48. The van der Waals surface area contributed by atoms with Crippen molar-refractivity contribution in [2.75, 3.05) is 0 Å². The van der Waals surface area contributed by atoms with E-state index in [2.05, 4.69) is 16.5 Å². The largest absolute Gasteiger partial charge is 0.309 e. The van der Waals surface area contributed by atoms with Gasteiger partial charge < -0.3 is 4.57 Å². The SMILES string of the molecule is Cc1ccnc2c1nc(CCl)n2C1CCCCCC1. The lowest BCUT2D eigenvalue weighted by Gasteiger charge is -2.18. The fourth-order valence-electron chi connectivity index (χ4n) is 3.15. The Morgan fingerprint density at radius 1 is 1.26 bits per heavy atom. The number of hydrogen-bond acceptors (Lipinski definition) is 2. The van der Waals surface area contributed by atoms with Crippen LogP contribution in [0, 0.1) is 6.92 Å². The molecule has 0 aromatic carbocycles. The van der Waals surface area contributed by atoms with E-state index in [9.17, 15) is 0 Å². The van der Waals surface area contributed by atoms with Crippen LogP contribution in [0.2, 0.25) is 0 Å². The maximum Gasteiger partial charge on any atom is 0.160 e. The molecule has 19 heavy (non-hydrogen) atoms. The Bertz CT molecular complexity index is 568. The molecule has 0 N–H and O–H groups in total. The van der Waals surface area contributed by atoms with Gasteiger partial charge in [0, 0.05) is 12.2 Å². The summed E-state index contributed by atoms with van der Waals surface area (Å²) in [6.07, 6.45) is 9.65. The zero-order valence-corrected chi connectivity index (χ0v) is 12.2. The van der Waals surface area contributed by atoms with Gasteiger partial charge in [-0.15, -0.1) is 11.6 Å². The molecule has 3 rings (SSSR count). The van der Waals surface area contributed by atoms with Crippen LogP contribution in [-0.2, 0) is 5.88 Å². The van der Waals surface area contributed by atoms with Crippen LogP contribution in [0.25, 0.3) is 11.2 Å². The Labute approximate surface area is 119 Å². The first-order chi connectivity index (χ1) is 9.31. The van der Waals surface area contributed by atoms with Gasteiger partial charge in [0.15, 0.2) is 5.65 Å². The number of halogens is 1. The van der Waals surface area contributed by atoms with E-state index in [1.54, 1.807) is 0 Å². The van der Waals surface area contributed by atoms with E-state index >= 15 is 0 Å². The van der Waals surface area contributed by atoms with Crippen LogP contribution in [-0.4, -0.2) is 14.5 Å². The topological polar surface area (TPSA) is 30.7 Å². The van der Waals surface area contributed by atoms with E-state index in [0.717, 1.165) is 17.0 Å². The first kappa shape index (κ1) is 12.9. The molecule has 0 spiro atoms. The molecular formula is C15H20ClN3. The predicted molar refractivity (Wildman–Crippen MR) is 78.6 cm³/mol. The van der Waals surface area contributed by atoms with Crippen LogP contribution in [0.1, 0.15) is 56.0 Å². The van der Waals surface area contributed by atoms with Crippen LogP contribution < -0.4 is 0 Å². The van der Waals surface area contributed by atoms with Crippen molar-refractivity contribution in [3.05, 3.63) is 23.7 Å². The quantitative estimate of drug-likeness (QED) is 0.603. The molecule has 0 bridgehead atoms. The van der Waals surface area contributed by atoms with Gasteiger partial charge in [-0.2, -0.15) is 0 Å². The molecule has 4 heteroatoms. The molecule has 2 aromatic rings. The molecule has 0 atom stereocenters. The first-order valence-electron chi connectivity index (χ1n) is 7.19. The van der Waals surface area contributed by atoms with Gasteiger partial charge in [0.25, 0.3) is 0 Å². The molecule has 1 aliphatic carbocycles. The summed E-state index contributed by atoms with van der Waals surface area (Å²) in [5.74, 6) is 1.44. The number of rotatable bonds is 2. The molecule has 2 aromatic heterocycles. The van der Waals surface area contributed by atoms with E-state index in [1.165, 1.54) is 44.1 Å². The minimum absolute atomic E-state index is 0.465. The predicted octanol–water partition coefficient (Wildman–Crippen LogP) is 4.37. The van der Waals surface area contributed by atoms with Crippen molar-refractivity contribution in [2.45, 2.75) is 57.4 Å². The molecular weight excluding hydrogens is 258 g/mol. The Balaban J connectivity index is 2.12. The van der Waals surface area contributed by atoms with Crippen LogP contribution in [0.3, 0.4) is 0 Å². The highest BCUT2D eigenvalue weighted by atomic mass is 35.5. The lowest BCUT2D eigenvalue weighted by molar-refractivity contribution is 0.442. The van der Waals surface area contributed by atoms with Crippen molar-refractivity contribution in [2.24, 2.45) is 0 Å². The highest BCUT2D eigenvalue weighted by molar-refractivity contribution is 6.16. The zero-order valence-electron chi connectivity index (χ0n) is 11.4. The van der Waals surface area contributed by atoms with E-state index < -0.39 is 0 Å². The lowest BCUT2D eigenvalue weighted by Crippen LogP contribution is -2.11. The second kappa shape index (κ2) is 5.49. The first-order valence-corrected chi connectivity index (χ1v) is 7.73. The fraction of sp³-hybridized carbons (Fsp3) is 0.600. The molecule has 2 heterocycles. The van der Waals surface area contributed by atoms with E-state index in [4.69, 9.17) is 16.6 Å². The molecule has 0 radical (unpaired) electrons. The van der Waals surface area contributed by atoms with Crippen molar-refractivity contribution < 1.29 is 0 Å². The van der Waals surface area contributed by atoms with Crippen LogP contribution in [0.4, 0.5) is 0 Å². The Kier molecular flexibility index (Phi) is 3.74. The highest BCUT2D eigenvalue weighted by Crippen LogP contribution is 2.32. The summed E-state index contributed by atoms with van der Waals surface area (Å²) in [4.78, 5) is 9.26. The Hall–Kier alpha value is -1.09. The number of aromatic nitrogens is 3. The lowest BCUT2D eigenvalue weighted by atomic mass is 10.1. The molecule has 0 saturated heterocycles. The number of hydrogen-bond donors (Lipinski definition) is 0. The molecule has 0 amide bonds. The summed E-state index contributed by atoms with van der Waals surface area (Å²) in [6.45, 7) is 2.09. The molecule has 102 valence electrons. The normalized spacial score (nSPS) is 17.8. The Morgan fingerprint density at radius 2 is 2.00 bits per heavy atom. The summed E-state index contributed by atoms with van der Waals surface area (Å²) in [5, 5.41) is 0. The summed E-state index contributed by atoms with van der Waals surface area (Å²) >= 11 is 6.10. The third-order valence-corrected chi connectivity index (χ3v) is 4.40. The zero-order chi connectivity index (χ0) is 13.2. The monoisotopic (exact) mass is 277 g/mol. The maximum absolute atomic E-state index is 6.10. The molecule has 1 fully saturated rings. The van der Waals surface area contributed by atoms with E-state index in [1.807, 2.05) is 12.3 Å². The average Bonchev–Trinajstić information content (AvgIpc) is 2.61. The van der Waals surface area contributed by atoms with Gasteiger partial charge in [0.1, 0.15) is 11.3 Å². The summed E-state index contributed by atoms with van der Waals surface area (Å²) < 4.78 is 2.31. The van der Waals surface area contributed by atoms with E-state index in [-0.39, 0.29) is 0 Å². The molecule has 0 aliphatic heterocycles. The third kappa shape index (κ3) is 2.36. The summed E-state index contributed by atoms with van der Waals surface area (Å²) in [5.41, 5.74) is 3.22. The van der Waals surface area contributed by atoms with Gasteiger partial charge in [-0.05, 0) is 31.4 Å². The van der Waals surface area contributed by atoms with Crippen molar-refractivity contribution in [1.82, 2.24) is 14.5 Å². The van der Waals surface area contributed by atoms with Gasteiger partial charge >= 0.3 is 0 Å². The van der Waals surface area contributed by atoms with Gasteiger partial charge in [0.2, 0.25) is 0 Å². The average molecular weight is 278 g/mol. The van der Waals surface area contributed by atoms with Crippen LogP contribution >= 0.6 is 11.6 Å². The van der Waals surface area contributed by atoms with Gasteiger partial charge in [0.05, 0.1) is 5.88 Å². The number of alkyl halides is 1. The van der Waals surface area contributed by atoms with Gasteiger partial charge in [-0.3, -0.25) is 0 Å². The summed E-state index contributed by atoms with van der Waals surface area (Å²) in [6, 6.07) is 2.54. The number of imidazole rings is 1. The maximum atomic E-state index is 6.10. The van der Waals surface area contributed by atoms with E-state index in [0.29, 0.717) is 11.9 Å². The van der Waals surface area contributed by atoms with Crippen molar-refractivity contribution in [3.8, 4) is 0 Å². The van der Waals surface area contributed by atoms with Crippen LogP contribution in [0.5, 0.6) is 0 Å². The minimum atomic E-state index is 0.465. The third-order valence-electron chi connectivity index (χ3n) is 4.16.